The smallest absolute Gasteiger partial charge is 0.000653 e. The third kappa shape index (κ3) is 41.2. The summed E-state index contributed by atoms with van der Waals surface area (Å²) in [7, 11) is 2.33. The lowest BCUT2D eigenvalue weighted by atomic mass is 10.2. The summed E-state index contributed by atoms with van der Waals surface area (Å²) in [6, 6.07) is 0. The highest BCUT2D eigenvalue weighted by Crippen LogP contribution is 2.10. The molecular weight excluding hydrogens is 797 g/mol. The van der Waals surface area contributed by atoms with Crippen molar-refractivity contribution in [3.8, 4) is 0 Å². The molecule has 0 aliphatic rings. The van der Waals surface area contributed by atoms with Gasteiger partial charge in [0.05, 0.1) is 0 Å². The summed E-state index contributed by atoms with van der Waals surface area (Å²) < 4.78 is 0. The third-order valence-electron chi connectivity index (χ3n) is 13.9. The van der Waals surface area contributed by atoms with E-state index in [2.05, 4.69) is 109 Å². The molecule has 0 aliphatic heterocycles. The van der Waals surface area contributed by atoms with Gasteiger partial charge < -0.3 is 39.2 Å². The molecule has 392 valence electrons. The van der Waals surface area contributed by atoms with Crippen molar-refractivity contribution in [2.45, 2.75) is 216 Å². The average molecular weight is 922 g/mol. The molecule has 0 spiro atoms. The first-order valence-electron chi connectivity index (χ1n) is 29.6. The molecule has 0 radical (unpaired) electrons. The number of hydrogen-bond donors (Lipinski definition) is 0. The molecule has 0 heterocycles. The number of hydrogen-bond acceptors (Lipinski definition) is 8. The minimum absolute atomic E-state index is 1.22. The number of unbranched alkanes of at least 4 members (excludes halogenated alkanes) is 8. The van der Waals surface area contributed by atoms with Gasteiger partial charge in [-0.1, -0.05) is 114 Å². The Labute approximate surface area is 411 Å². The van der Waals surface area contributed by atoms with Gasteiger partial charge in [-0.15, -0.1) is 0 Å². The molecule has 65 heavy (non-hydrogen) atoms. The first-order valence-corrected chi connectivity index (χ1v) is 29.6. The van der Waals surface area contributed by atoms with Crippen LogP contribution >= 0.6 is 0 Å². The van der Waals surface area contributed by atoms with Crippen LogP contribution in [0, 0.1) is 0 Å². The molecule has 0 saturated heterocycles. The van der Waals surface area contributed by atoms with Crippen molar-refractivity contribution in [2.75, 3.05) is 158 Å². The van der Waals surface area contributed by atoms with Crippen LogP contribution in [0.25, 0.3) is 0 Å². The maximum absolute atomic E-state index is 2.89. The summed E-state index contributed by atoms with van der Waals surface area (Å²) in [6.45, 7) is 50.2. The van der Waals surface area contributed by atoms with Crippen LogP contribution in [0.15, 0.2) is 0 Å². The van der Waals surface area contributed by atoms with E-state index in [1.54, 1.807) is 0 Å². The van der Waals surface area contributed by atoms with Crippen LogP contribution < -0.4 is 0 Å². The predicted molar refractivity (Wildman–Crippen MR) is 294 cm³/mol. The van der Waals surface area contributed by atoms with Crippen LogP contribution in [0.4, 0.5) is 0 Å². The highest BCUT2D eigenvalue weighted by atomic mass is 15.2. The van der Waals surface area contributed by atoms with Gasteiger partial charge in [0.1, 0.15) is 0 Å². The Bertz CT molecular complexity index is 762. The lowest BCUT2D eigenvalue weighted by molar-refractivity contribution is 0.177. The molecule has 0 amide bonds. The fraction of sp³-hybridized carbons (Fsp3) is 1.00. The first kappa shape index (κ1) is 64.7. The molecule has 0 aromatic carbocycles. The molecule has 0 unspecified atom stereocenters. The van der Waals surface area contributed by atoms with E-state index in [0.717, 1.165) is 0 Å². The zero-order valence-corrected chi connectivity index (χ0v) is 46.8. The fourth-order valence-electron chi connectivity index (χ4n) is 9.57. The zero-order chi connectivity index (χ0) is 47.9. The van der Waals surface area contributed by atoms with E-state index in [0.29, 0.717) is 0 Å². The van der Waals surface area contributed by atoms with Crippen molar-refractivity contribution in [1.29, 1.82) is 0 Å². The topological polar surface area (TPSA) is 25.9 Å². The summed E-state index contributed by atoms with van der Waals surface area (Å²) in [5.41, 5.74) is 0. The minimum atomic E-state index is 1.22. The molecule has 0 saturated carbocycles. The van der Waals surface area contributed by atoms with E-state index in [4.69, 9.17) is 0 Å². The Morgan fingerprint density at radius 2 is 0.292 bits per heavy atom. The van der Waals surface area contributed by atoms with Crippen LogP contribution in [0.1, 0.15) is 216 Å². The molecule has 0 aromatic rings. The van der Waals surface area contributed by atoms with E-state index < -0.39 is 0 Å². The molecule has 0 atom stereocenters. The van der Waals surface area contributed by atoms with E-state index in [-0.39, 0.29) is 0 Å². The predicted octanol–water partition coefficient (Wildman–Crippen LogP) is 12.6. The Morgan fingerprint density at radius 1 is 0.154 bits per heavy atom. The molecule has 0 rings (SSSR count). The van der Waals surface area contributed by atoms with Crippen molar-refractivity contribution in [1.82, 2.24) is 39.2 Å². The van der Waals surface area contributed by atoms with Gasteiger partial charge in [-0.05, 0) is 260 Å². The highest BCUT2D eigenvalue weighted by Gasteiger charge is 2.15. The fourth-order valence-corrected chi connectivity index (χ4v) is 9.57. The van der Waals surface area contributed by atoms with Gasteiger partial charge in [0.25, 0.3) is 0 Å². The number of rotatable bonds is 54. The Kier molecular flexibility index (Phi) is 49.8. The van der Waals surface area contributed by atoms with Gasteiger partial charge in [0, 0.05) is 0 Å². The molecule has 8 heteroatoms. The molecule has 0 bridgehead atoms. The molecular formula is C57H124N8. The monoisotopic (exact) mass is 921 g/mol. The van der Waals surface area contributed by atoms with Crippen molar-refractivity contribution < 1.29 is 0 Å². The molecule has 0 aliphatic carbocycles. The van der Waals surface area contributed by atoms with Crippen LogP contribution in [-0.2, 0) is 0 Å². The summed E-state index contributed by atoms with van der Waals surface area (Å²) in [5.74, 6) is 0. The van der Waals surface area contributed by atoms with Crippen LogP contribution in [0.5, 0.6) is 0 Å². The standard InChI is InChI=1S/C57H124N8/c1-11-20-37-59(38-21-12-2)46-29-52-64(53-30-47-60(39-22-13-3)40-23-14-4)56-33-50-63(45-28-36-58(10)35-19-9)51-34-57-65(54-31-48-61(41-24-15-5)42-25-16-6)55-32-49-62(43-26-17-7)44-27-18-8/h11-57H2,1-10H3. The summed E-state index contributed by atoms with van der Waals surface area (Å²) in [5, 5.41) is 0. The lowest BCUT2D eigenvalue weighted by Crippen LogP contribution is -2.37. The normalized spacial score (nSPS) is 12.5. The van der Waals surface area contributed by atoms with Crippen molar-refractivity contribution in [2.24, 2.45) is 0 Å². The Balaban J connectivity index is 5.88. The summed E-state index contributed by atoms with van der Waals surface area (Å²) >= 11 is 0. The second kappa shape index (κ2) is 50.1. The van der Waals surface area contributed by atoms with Gasteiger partial charge in [0.15, 0.2) is 0 Å². The van der Waals surface area contributed by atoms with E-state index in [9.17, 15) is 0 Å². The van der Waals surface area contributed by atoms with Crippen LogP contribution in [-0.4, -0.2) is 197 Å². The van der Waals surface area contributed by atoms with Gasteiger partial charge in [-0.2, -0.15) is 0 Å². The quantitative estimate of drug-likeness (QED) is 0.0595. The van der Waals surface area contributed by atoms with E-state index in [1.165, 1.54) is 305 Å². The van der Waals surface area contributed by atoms with Crippen LogP contribution in [0.2, 0.25) is 0 Å². The number of nitrogens with zero attached hydrogens (tertiary/aromatic N) is 8. The Morgan fingerprint density at radius 3 is 0.431 bits per heavy atom. The van der Waals surface area contributed by atoms with Gasteiger partial charge >= 0.3 is 0 Å². The second-order valence-corrected chi connectivity index (χ2v) is 20.5. The third-order valence-corrected chi connectivity index (χ3v) is 13.9. The molecule has 0 N–H and O–H groups in total. The highest BCUT2D eigenvalue weighted by molar-refractivity contribution is 4.71. The SMILES string of the molecule is CCCCN(CCCC)CCCN(CCCN(CCCC)CCCC)CCCN(CCCN(C)CCC)CCCN(CCCN(CCCC)CCCC)CCCN(CCCC)CCCC. The van der Waals surface area contributed by atoms with Crippen molar-refractivity contribution >= 4 is 0 Å². The average Bonchev–Trinajstić information content (AvgIpc) is 3.31. The van der Waals surface area contributed by atoms with E-state index >= 15 is 0 Å². The maximum Gasteiger partial charge on any atom is -0.000653 e. The lowest BCUT2D eigenvalue weighted by Gasteiger charge is -2.30. The van der Waals surface area contributed by atoms with Gasteiger partial charge in [-0.3, -0.25) is 0 Å². The summed E-state index contributed by atoms with van der Waals surface area (Å²) in [6.07, 6.45) is 31.6. The zero-order valence-electron chi connectivity index (χ0n) is 46.8. The summed E-state index contributed by atoms with van der Waals surface area (Å²) in [4.78, 5) is 22.4. The van der Waals surface area contributed by atoms with Gasteiger partial charge in [0.2, 0.25) is 0 Å². The maximum atomic E-state index is 2.89. The van der Waals surface area contributed by atoms with Gasteiger partial charge in [-0.25, -0.2) is 0 Å². The minimum Gasteiger partial charge on any atom is -0.306 e. The molecule has 0 fully saturated rings. The first-order chi connectivity index (χ1) is 31.8. The largest absolute Gasteiger partial charge is 0.306 e. The van der Waals surface area contributed by atoms with Crippen molar-refractivity contribution in [3.05, 3.63) is 0 Å². The van der Waals surface area contributed by atoms with E-state index in [1.807, 2.05) is 0 Å². The molecule has 8 nitrogen and oxygen atoms in total. The second-order valence-electron chi connectivity index (χ2n) is 20.5. The molecule has 0 aromatic heterocycles. The van der Waals surface area contributed by atoms with Crippen LogP contribution in [0.3, 0.4) is 0 Å². The van der Waals surface area contributed by atoms with Crippen molar-refractivity contribution in [3.63, 3.8) is 0 Å². The Hall–Kier alpha value is -0.320.